The van der Waals surface area contributed by atoms with E-state index in [0.29, 0.717) is 6.10 Å². The minimum absolute atomic E-state index is 0.491. The van der Waals surface area contributed by atoms with Crippen LogP contribution < -0.4 is 0 Å². The van der Waals surface area contributed by atoms with Crippen molar-refractivity contribution in [3.8, 4) is 0 Å². The molecule has 0 spiro atoms. The fourth-order valence-corrected chi connectivity index (χ4v) is 1.41. The topological polar surface area (TPSA) is 9.23 Å². The molecule has 0 aromatic carbocycles. The molecule has 1 aliphatic rings. The van der Waals surface area contributed by atoms with Crippen molar-refractivity contribution in [2.45, 2.75) is 39.7 Å². The second kappa shape index (κ2) is 3.91. The zero-order valence-electron chi connectivity index (χ0n) is 7.76. The SMILES string of the molecule is CC(C)=CCC1OCCC1C. The molecule has 0 amide bonds. The van der Waals surface area contributed by atoms with E-state index in [2.05, 4.69) is 26.8 Å². The summed E-state index contributed by atoms with van der Waals surface area (Å²) in [7, 11) is 0. The molecule has 1 rings (SSSR count). The fraction of sp³-hybridized carbons (Fsp3) is 0.800. The lowest BCUT2D eigenvalue weighted by atomic mass is 10.0. The lowest BCUT2D eigenvalue weighted by Crippen LogP contribution is -2.11. The average molecular weight is 154 g/mol. The highest BCUT2D eigenvalue weighted by atomic mass is 16.5. The second-order valence-corrected chi connectivity index (χ2v) is 3.69. The lowest BCUT2D eigenvalue weighted by molar-refractivity contribution is 0.0964. The van der Waals surface area contributed by atoms with Crippen LogP contribution in [0.5, 0.6) is 0 Å². The van der Waals surface area contributed by atoms with Gasteiger partial charge < -0.3 is 4.74 Å². The van der Waals surface area contributed by atoms with Crippen molar-refractivity contribution < 1.29 is 4.74 Å². The van der Waals surface area contributed by atoms with Gasteiger partial charge in [-0.2, -0.15) is 0 Å². The third-order valence-electron chi connectivity index (χ3n) is 2.30. The van der Waals surface area contributed by atoms with Gasteiger partial charge in [0.2, 0.25) is 0 Å². The Hall–Kier alpha value is -0.300. The molecule has 1 fully saturated rings. The summed E-state index contributed by atoms with van der Waals surface area (Å²) in [5, 5.41) is 0. The van der Waals surface area contributed by atoms with Crippen LogP contribution in [0, 0.1) is 5.92 Å². The highest BCUT2D eigenvalue weighted by molar-refractivity contribution is 4.95. The summed E-state index contributed by atoms with van der Waals surface area (Å²) in [6.45, 7) is 7.51. The van der Waals surface area contributed by atoms with Crippen molar-refractivity contribution in [1.82, 2.24) is 0 Å². The Bertz CT molecular complexity index is 145. The monoisotopic (exact) mass is 154 g/mol. The smallest absolute Gasteiger partial charge is 0.0635 e. The van der Waals surface area contributed by atoms with E-state index >= 15 is 0 Å². The Morgan fingerprint density at radius 1 is 1.55 bits per heavy atom. The molecule has 11 heavy (non-hydrogen) atoms. The maximum absolute atomic E-state index is 5.57. The Balaban J connectivity index is 2.31. The number of ether oxygens (including phenoxy) is 1. The van der Waals surface area contributed by atoms with Crippen LogP contribution >= 0.6 is 0 Å². The molecule has 0 aromatic heterocycles. The van der Waals surface area contributed by atoms with Crippen LogP contribution in [0.4, 0.5) is 0 Å². The standard InChI is InChI=1S/C10H18O/c1-8(2)4-5-10-9(3)6-7-11-10/h4,9-10H,5-7H2,1-3H3. The average Bonchev–Trinajstić information content (AvgIpc) is 2.31. The number of rotatable bonds is 2. The molecule has 0 radical (unpaired) electrons. The van der Waals surface area contributed by atoms with Crippen LogP contribution in [0.15, 0.2) is 11.6 Å². The van der Waals surface area contributed by atoms with Gasteiger partial charge in [0, 0.05) is 6.61 Å². The van der Waals surface area contributed by atoms with E-state index < -0.39 is 0 Å². The molecule has 1 aliphatic heterocycles. The summed E-state index contributed by atoms with van der Waals surface area (Å²) in [5.41, 5.74) is 1.40. The van der Waals surface area contributed by atoms with Gasteiger partial charge in [-0.15, -0.1) is 0 Å². The van der Waals surface area contributed by atoms with Crippen LogP contribution in [-0.4, -0.2) is 12.7 Å². The van der Waals surface area contributed by atoms with Crippen LogP contribution in [-0.2, 0) is 4.74 Å². The third kappa shape index (κ3) is 2.66. The van der Waals surface area contributed by atoms with E-state index in [1.807, 2.05) is 0 Å². The summed E-state index contributed by atoms with van der Waals surface area (Å²) < 4.78 is 5.57. The van der Waals surface area contributed by atoms with Gasteiger partial charge in [0.25, 0.3) is 0 Å². The molecule has 0 aromatic rings. The maximum atomic E-state index is 5.57. The van der Waals surface area contributed by atoms with E-state index in [1.165, 1.54) is 12.0 Å². The fourth-order valence-electron chi connectivity index (χ4n) is 1.41. The van der Waals surface area contributed by atoms with Crippen LogP contribution in [0.3, 0.4) is 0 Å². The van der Waals surface area contributed by atoms with Crippen LogP contribution in [0.2, 0.25) is 0 Å². The van der Waals surface area contributed by atoms with E-state index in [1.54, 1.807) is 0 Å². The molecule has 0 aliphatic carbocycles. The van der Waals surface area contributed by atoms with Crippen LogP contribution in [0.25, 0.3) is 0 Å². The molecule has 2 atom stereocenters. The number of hydrogen-bond donors (Lipinski definition) is 0. The quantitative estimate of drug-likeness (QED) is 0.556. The van der Waals surface area contributed by atoms with Crippen molar-refractivity contribution in [2.75, 3.05) is 6.61 Å². The predicted octanol–water partition coefficient (Wildman–Crippen LogP) is 2.77. The van der Waals surface area contributed by atoms with Gasteiger partial charge in [0.1, 0.15) is 0 Å². The first-order valence-electron chi connectivity index (χ1n) is 4.45. The third-order valence-corrected chi connectivity index (χ3v) is 2.30. The first kappa shape index (κ1) is 8.79. The zero-order valence-corrected chi connectivity index (χ0v) is 7.76. The minimum Gasteiger partial charge on any atom is -0.378 e. The molecule has 1 saturated heterocycles. The molecule has 0 saturated carbocycles. The van der Waals surface area contributed by atoms with Crippen molar-refractivity contribution in [3.05, 3.63) is 11.6 Å². The normalized spacial score (nSPS) is 30.5. The minimum atomic E-state index is 0.491. The molecule has 1 heterocycles. The van der Waals surface area contributed by atoms with Crippen molar-refractivity contribution in [2.24, 2.45) is 5.92 Å². The predicted molar refractivity (Wildman–Crippen MR) is 47.6 cm³/mol. The number of hydrogen-bond acceptors (Lipinski definition) is 1. The highest BCUT2D eigenvalue weighted by Crippen LogP contribution is 2.23. The molecule has 0 bridgehead atoms. The molecular formula is C10H18O. The molecule has 1 nitrogen and oxygen atoms in total. The lowest BCUT2D eigenvalue weighted by Gasteiger charge is -2.11. The maximum Gasteiger partial charge on any atom is 0.0635 e. The van der Waals surface area contributed by atoms with Gasteiger partial charge in [-0.1, -0.05) is 18.6 Å². The summed E-state index contributed by atoms with van der Waals surface area (Å²) in [5.74, 6) is 0.755. The van der Waals surface area contributed by atoms with Gasteiger partial charge in [0.05, 0.1) is 6.10 Å². The molecular weight excluding hydrogens is 136 g/mol. The first-order chi connectivity index (χ1) is 5.20. The summed E-state index contributed by atoms with van der Waals surface area (Å²) in [6.07, 6.45) is 5.10. The van der Waals surface area contributed by atoms with Gasteiger partial charge in [0.15, 0.2) is 0 Å². The summed E-state index contributed by atoms with van der Waals surface area (Å²) in [4.78, 5) is 0. The van der Waals surface area contributed by atoms with Crippen molar-refractivity contribution >= 4 is 0 Å². The van der Waals surface area contributed by atoms with Crippen LogP contribution in [0.1, 0.15) is 33.6 Å². The van der Waals surface area contributed by atoms with Gasteiger partial charge >= 0.3 is 0 Å². The summed E-state index contributed by atoms with van der Waals surface area (Å²) in [6, 6.07) is 0. The summed E-state index contributed by atoms with van der Waals surface area (Å²) >= 11 is 0. The van der Waals surface area contributed by atoms with E-state index in [9.17, 15) is 0 Å². The van der Waals surface area contributed by atoms with Gasteiger partial charge in [-0.3, -0.25) is 0 Å². The highest BCUT2D eigenvalue weighted by Gasteiger charge is 2.22. The molecule has 64 valence electrons. The Kier molecular flexibility index (Phi) is 3.13. The van der Waals surface area contributed by atoms with E-state index in [4.69, 9.17) is 4.74 Å². The Morgan fingerprint density at radius 3 is 2.73 bits per heavy atom. The molecule has 0 N–H and O–H groups in total. The Morgan fingerprint density at radius 2 is 2.27 bits per heavy atom. The largest absolute Gasteiger partial charge is 0.378 e. The van der Waals surface area contributed by atoms with E-state index in [0.717, 1.165) is 18.9 Å². The van der Waals surface area contributed by atoms with Gasteiger partial charge in [-0.25, -0.2) is 0 Å². The Labute approximate surface area is 69.4 Å². The second-order valence-electron chi connectivity index (χ2n) is 3.69. The number of allylic oxidation sites excluding steroid dienone is 1. The van der Waals surface area contributed by atoms with E-state index in [-0.39, 0.29) is 0 Å². The molecule has 2 unspecified atom stereocenters. The van der Waals surface area contributed by atoms with Crippen molar-refractivity contribution in [1.29, 1.82) is 0 Å². The first-order valence-corrected chi connectivity index (χ1v) is 4.45. The van der Waals surface area contributed by atoms with Crippen molar-refractivity contribution in [3.63, 3.8) is 0 Å². The van der Waals surface area contributed by atoms with Gasteiger partial charge in [-0.05, 0) is 32.6 Å². The molecule has 1 heteroatoms. The zero-order chi connectivity index (χ0) is 8.27.